The van der Waals surface area contributed by atoms with Gasteiger partial charge >= 0.3 is 0 Å². The summed E-state index contributed by atoms with van der Waals surface area (Å²) < 4.78 is 26.7. The summed E-state index contributed by atoms with van der Waals surface area (Å²) in [6, 6.07) is 3.56. The fourth-order valence-corrected chi connectivity index (χ4v) is 1.51. The number of anilines is 1. The zero-order valence-corrected chi connectivity index (χ0v) is 10.1. The van der Waals surface area contributed by atoms with Crippen molar-refractivity contribution in [1.82, 2.24) is 4.90 Å². The lowest BCUT2D eigenvalue weighted by atomic mass is 10.1. The number of hydrogen-bond acceptors (Lipinski definition) is 3. The van der Waals surface area contributed by atoms with Gasteiger partial charge in [0.25, 0.3) is 5.91 Å². The van der Waals surface area contributed by atoms with Crippen LogP contribution in [-0.2, 0) is 0 Å². The van der Waals surface area contributed by atoms with Gasteiger partial charge in [-0.25, -0.2) is 8.78 Å². The highest BCUT2D eigenvalue weighted by atomic mass is 19.1. The van der Waals surface area contributed by atoms with E-state index >= 15 is 0 Å². The van der Waals surface area contributed by atoms with Gasteiger partial charge < -0.3 is 10.6 Å². The molecule has 0 fully saturated rings. The monoisotopic (exact) mass is 253 g/mol. The van der Waals surface area contributed by atoms with Crippen molar-refractivity contribution in [2.24, 2.45) is 5.92 Å². The molecule has 0 saturated carbocycles. The highest BCUT2D eigenvalue weighted by Crippen LogP contribution is 2.19. The van der Waals surface area contributed by atoms with Crippen molar-refractivity contribution in [2.45, 2.75) is 6.92 Å². The molecule has 0 heterocycles. The van der Waals surface area contributed by atoms with Crippen LogP contribution in [0.3, 0.4) is 0 Å². The number of halogens is 2. The van der Waals surface area contributed by atoms with Crippen LogP contribution in [0, 0.1) is 28.9 Å². The van der Waals surface area contributed by atoms with Crippen molar-refractivity contribution in [2.75, 3.05) is 19.3 Å². The second-order valence-electron chi connectivity index (χ2n) is 4.07. The summed E-state index contributed by atoms with van der Waals surface area (Å²) >= 11 is 0. The minimum absolute atomic E-state index is 0.130. The van der Waals surface area contributed by atoms with Gasteiger partial charge in [-0.1, -0.05) is 0 Å². The van der Waals surface area contributed by atoms with Crippen molar-refractivity contribution in [3.8, 4) is 6.07 Å². The Labute approximate surface area is 104 Å². The van der Waals surface area contributed by atoms with E-state index in [2.05, 4.69) is 0 Å². The van der Waals surface area contributed by atoms with E-state index in [9.17, 15) is 13.6 Å². The van der Waals surface area contributed by atoms with Crippen LogP contribution in [0.5, 0.6) is 0 Å². The van der Waals surface area contributed by atoms with Crippen LogP contribution in [0.2, 0.25) is 0 Å². The first-order valence-corrected chi connectivity index (χ1v) is 5.26. The number of nitrogen functional groups attached to an aromatic ring is 1. The van der Waals surface area contributed by atoms with Gasteiger partial charge in [-0.15, -0.1) is 0 Å². The fraction of sp³-hybridized carbons (Fsp3) is 0.333. The molecule has 1 aromatic carbocycles. The van der Waals surface area contributed by atoms with Crippen molar-refractivity contribution in [1.29, 1.82) is 5.26 Å². The summed E-state index contributed by atoms with van der Waals surface area (Å²) in [5, 5.41) is 8.64. The van der Waals surface area contributed by atoms with Crippen molar-refractivity contribution in [3.63, 3.8) is 0 Å². The van der Waals surface area contributed by atoms with Crippen molar-refractivity contribution in [3.05, 3.63) is 29.3 Å². The Hall–Kier alpha value is -2.16. The summed E-state index contributed by atoms with van der Waals surface area (Å²) in [4.78, 5) is 13.0. The number of nitrogens with two attached hydrogens (primary N) is 1. The SMILES string of the molecule is CC(C#N)CN(C)C(=O)c1cc(F)cc(N)c1F. The van der Waals surface area contributed by atoms with Crippen LogP contribution < -0.4 is 5.73 Å². The second kappa shape index (κ2) is 5.45. The lowest BCUT2D eigenvalue weighted by molar-refractivity contribution is 0.0780. The van der Waals surface area contributed by atoms with Gasteiger partial charge in [0.05, 0.1) is 23.2 Å². The van der Waals surface area contributed by atoms with E-state index in [1.54, 1.807) is 6.92 Å². The third kappa shape index (κ3) is 2.94. The molecule has 1 amide bonds. The van der Waals surface area contributed by atoms with E-state index in [0.29, 0.717) is 0 Å². The number of nitrogens with zero attached hydrogens (tertiary/aromatic N) is 2. The lowest BCUT2D eigenvalue weighted by Gasteiger charge is -2.19. The Kier molecular flexibility index (Phi) is 4.21. The molecule has 1 atom stereocenters. The molecule has 0 radical (unpaired) electrons. The summed E-state index contributed by atoms with van der Waals surface area (Å²) in [6.07, 6.45) is 0. The Balaban J connectivity index is 3.01. The van der Waals surface area contributed by atoms with Crippen LogP contribution >= 0.6 is 0 Å². The average Bonchev–Trinajstić information content (AvgIpc) is 2.32. The van der Waals surface area contributed by atoms with E-state index in [-0.39, 0.29) is 6.54 Å². The maximum Gasteiger partial charge on any atom is 0.256 e. The average molecular weight is 253 g/mol. The van der Waals surface area contributed by atoms with Crippen molar-refractivity contribution >= 4 is 11.6 Å². The molecule has 2 N–H and O–H groups in total. The van der Waals surface area contributed by atoms with Crippen LogP contribution in [0.25, 0.3) is 0 Å². The molecule has 96 valence electrons. The highest BCUT2D eigenvalue weighted by molar-refractivity contribution is 5.95. The second-order valence-corrected chi connectivity index (χ2v) is 4.07. The van der Waals surface area contributed by atoms with Gasteiger partial charge in [-0.3, -0.25) is 4.79 Å². The molecule has 4 nitrogen and oxygen atoms in total. The Morgan fingerprint density at radius 2 is 2.17 bits per heavy atom. The Morgan fingerprint density at radius 1 is 1.56 bits per heavy atom. The van der Waals surface area contributed by atoms with E-state index in [1.807, 2.05) is 6.07 Å². The molecule has 0 aliphatic heterocycles. The maximum absolute atomic E-state index is 13.6. The summed E-state index contributed by atoms with van der Waals surface area (Å²) in [5.41, 5.74) is 4.40. The number of benzene rings is 1. The van der Waals surface area contributed by atoms with E-state index < -0.39 is 34.7 Å². The topological polar surface area (TPSA) is 70.1 Å². The number of hydrogen-bond donors (Lipinski definition) is 1. The van der Waals surface area contributed by atoms with Gasteiger partial charge in [0.2, 0.25) is 0 Å². The van der Waals surface area contributed by atoms with E-state index in [4.69, 9.17) is 11.0 Å². The van der Waals surface area contributed by atoms with E-state index in [0.717, 1.165) is 17.0 Å². The molecule has 0 saturated heterocycles. The van der Waals surface area contributed by atoms with Gasteiger partial charge in [0.15, 0.2) is 5.82 Å². The molecule has 18 heavy (non-hydrogen) atoms. The molecule has 1 rings (SSSR count). The number of rotatable bonds is 3. The van der Waals surface area contributed by atoms with Gasteiger partial charge in [-0.05, 0) is 19.1 Å². The molecule has 0 aliphatic carbocycles. The van der Waals surface area contributed by atoms with Crippen LogP contribution in [0.4, 0.5) is 14.5 Å². The normalized spacial score (nSPS) is 11.7. The van der Waals surface area contributed by atoms with E-state index in [1.165, 1.54) is 7.05 Å². The fourth-order valence-electron chi connectivity index (χ4n) is 1.51. The first-order chi connectivity index (χ1) is 8.36. The lowest BCUT2D eigenvalue weighted by Crippen LogP contribution is -2.31. The maximum atomic E-state index is 13.6. The minimum Gasteiger partial charge on any atom is -0.396 e. The van der Waals surface area contributed by atoms with Gasteiger partial charge in [0, 0.05) is 13.6 Å². The molecule has 0 bridgehead atoms. The first kappa shape index (κ1) is 13.9. The molecule has 1 aromatic rings. The Morgan fingerprint density at radius 3 is 2.72 bits per heavy atom. The number of carbonyl (C=O) groups is 1. The molecule has 0 spiro atoms. The predicted molar refractivity (Wildman–Crippen MR) is 62.5 cm³/mol. The first-order valence-electron chi connectivity index (χ1n) is 5.26. The molecular formula is C12H13F2N3O. The third-order valence-electron chi connectivity index (χ3n) is 2.41. The largest absolute Gasteiger partial charge is 0.396 e. The number of carbonyl (C=O) groups excluding carboxylic acids is 1. The molecule has 0 aromatic heterocycles. The van der Waals surface area contributed by atoms with Gasteiger partial charge in [0.1, 0.15) is 5.82 Å². The van der Waals surface area contributed by atoms with Crippen LogP contribution in [0.1, 0.15) is 17.3 Å². The summed E-state index contributed by atoms with van der Waals surface area (Å²) in [6.45, 7) is 1.76. The molecular weight excluding hydrogens is 240 g/mol. The van der Waals surface area contributed by atoms with Crippen molar-refractivity contribution < 1.29 is 13.6 Å². The third-order valence-corrected chi connectivity index (χ3v) is 2.41. The smallest absolute Gasteiger partial charge is 0.256 e. The van der Waals surface area contributed by atoms with Crippen LogP contribution in [-0.4, -0.2) is 24.4 Å². The number of amides is 1. The molecule has 0 aliphatic rings. The van der Waals surface area contributed by atoms with Crippen LogP contribution in [0.15, 0.2) is 12.1 Å². The Bertz CT molecular complexity index is 511. The minimum atomic E-state index is -0.946. The molecule has 1 unspecified atom stereocenters. The summed E-state index contributed by atoms with van der Waals surface area (Å²) in [7, 11) is 1.41. The quantitative estimate of drug-likeness (QED) is 0.835. The van der Waals surface area contributed by atoms with Gasteiger partial charge in [-0.2, -0.15) is 5.26 Å². The standard InChI is InChI=1S/C12H13F2N3O/c1-7(5-15)6-17(2)12(18)9-3-8(13)4-10(16)11(9)14/h3-4,7H,6,16H2,1-2H3. The zero-order chi connectivity index (χ0) is 13.9. The predicted octanol–water partition coefficient (Wildman–Crippen LogP) is 1.78. The highest BCUT2D eigenvalue weighted by Gasteiger charge is 2.20. The zero-order valence-electron chi connectivity index (χ0n) is 10.1. The molecule has 6 heteroatoms. The number of nitriles is 1. The summed E-state index contributed by atoms with van der Waals surface area (Å²) in [5.74, 6) is -2.83.